The van der Waals surface area contributed by atoms with E-state index < -0.39 is 5.97 Å². The minimum absolute atomic E-state index is 0.0658. The highest BCUT2D eigenvalue weighted by Gasteiger charge is 2.18. The van der Waals surface area contributed by atoms with E-state index in [1.54, 1.807) is 25.1 Å². The highest BCUT2D eigenvalue weighted by molar-refractivity contribution is 8.12. The van der Waals surface area contributed by atoms with Crippen molar-refractivity contribution in [3.05, 3.63) is 59.2 Å². The van der Waals surface area contributed by atoms with Crippen molar-refractivity contribution in [1.82, 2.24) is 0 Å². The average molecular weight is 441 g/mol. The molecule has 2 aromatic carbocycles. The Morgan fingerprint density at radius 1 is 1.03 bits per heavy atom. The molecule has 3 rings (SSSR count). The Kier molecular flexibility index (Phi) is 8.12. The van der Waals surface area contributed by atoms with Crippen molar-refractivity contribution < 1.29 is 19.5 Å². The maximum atomic E-state index is 12.7. The van der Waals surface area contributed by atoms with Gasteiger partial charge in [-0.1, -0.05) is 36.0 Å². The fourth-order valence-corrected chi connectivity index (χ4v) is 4.40. The van der Waals surface area contributed by atoms with Gasteiger partial charge in [0.25, 0.3) is 0 Å². The Balaban J connectivity index is 1.70. The predicted molar refractivity (Wildman–Crippen MR) is 125 cm³/mol. The number of rotatable bonds is 8. The van der Waals surface area contributed by atoms with Gasteiger partial charge in [0.05, 0.1) is 16.9 Å². The molecule has 0 bridgehead atoms. The van der Waals surface area contributed by atoms with Gasteiger partial charge in [-0.05, 0) is 55.0 Å². The molecule has 0 spiro atoms. The van der Waals surface area contributed by atoms with Crippen molar-refractivity contribution in [3.8, 4) is 0 Å². The van der Waals surface area contributed by atoms with Crippen LogP contribution in [0.25, 0.3) is 0 Å². The molecule has 1 heterocycles. The second-order valence-electron chi connectivity index (χ2n) is 7.68. The Morgan fingerprint density at radius 3 is 2.42 bits per heavy atom. The highest BCUT2D eigenvalue weighted by atomic mass is 32.2. The zero-order chi connectivity index (χ0) is 22.2. The van der Waals surface area contributed by atoms with E-state index in [9.17, 15) is 19.5 Å². The van der Waals surface area contributed by atoms with Gasteiger partial charge in [-0.25, -0.2) is 4.79 Å². The van der Waals surface area contributed by atoms with Crippen molar-refractivity contribution in [1.29, 1.82) is 0 Å². The number of carbonyl (C=O) groups excluding carboxylic acids is 2. The molecular weight excluding hydrogens is 412 g/mol. The first-order valence-electron chi connectivity index (χ1n) is 10.6. The highest BCUT2D eigenvalue weighted by Crippen LogP contribution is 2.30. The molecule has 164 valence electrons. The number of hydrogen-bond donors (Lipinski definition) is 2. The van der Waals surface area contributed by atoms with E-state index >= 15 is 0 Å². The number of hydrogen-bond acceptors (Lipinski definition) is 5. The summed E-state index contributed by atoms with van der Waals surface area (Å²) in [5.74, 6) is -0.584. The average Bonchev–Trinajstić information content (AvgIpc) is 2.77. The second kappa shape index (κ2) is 11.0. The quantitative estimate of drug-likeness (QED) is 0.617. The Labute approximate surface area is 187 Å². The maximum absolute atomic E-state index is 12.7. The smallest absolute Gasteiger partial charge is 0.335 e. The summed E-state index contributed by atoms with van der Waals surface area (Å²) in [4.78, 5) is 37.7. The summed E-state index contributed by atoms with van der Waals surface area (Å²) in [6.45, 7) is 3.35. The van der Waals surface area contributed by atoms with E-state index in [0.717, 1.165) is 42.7 Å². The number of piperidine rings is 1. The standard InChI is InChI=1S/C24H28N2O4S/c1-17(27)31-16-20-8-4-3-7-18(20)10-12-23(28)25-21-15-19(24(29)30)9-11-22(21)26-13-5-2-6-14-26/h3-4,7-9,11,15H,2,5-6,10,12-14,16H2,1H3,(H,25,28)(H,29,30). The summed E-state index contributed by atoms with van der Waals surface area (Å²) in [6.07, 6.45) is 4.19. The SMILES string of the molecule is CC(=O)SCc1ccccc1CCC(=O)Nc1cc(C(=O)O)ccc1N1CCCCC1. The van der Waals surface area contributed by atoms with Crippen LogP contribution >= 0.6 is 11.8 Å². The van der Waals surface area contributed by atoms with E-state index in [-0.39, 0.29) is 23.0 Å². The molecule has 2 N–H and O–H groups in total. The molecule has 1 saturated heterocycles. The number of carboxylic acids is 1. The number of aryl methyl sites for hydroxylation is 1. The molecule has 0 unspecified atom stereocenters. The van der Waals surface area contributed by atoms with Crippen LogP contribution in [0.1, 0.15) is 54.1 Å². The van der Waals surface area contributed by atoms with Crippen LogP contribution in [0, 0.1) is 0 Å². The van der Waals surface area contributed by atoms with Gasteiger partial charge >= 0.3 is 5.97 Å². The zero-order valence-electron chi connectivity index (χ0n) is 17.7. The molecule has 0 aromatic heterocycles. The van der Waals surface area contributed by atoms with Gasteiger partial charge in [-0.2, -0.15) is 0 Å². The maximum Gasteiger partial charge on any atom is 0.335 e. The first kappa shape index (κ1) is 22.9. The third kappa shape index (κ3) is 6.59. The lowest BCUT2D eigenvalue weighted by Gasteiger charge is -2.30. The number of benzene rings is 2. The summed E-state index contributed by atoms with van der Waals surface area (Å²) >= 11 is 1.26. The van der Waals surface area contributed by atoms with E-state index in [2.05, 4.69) is 10.2 Å². The van der Waals surface area contributed by atoms with Crippen molar-refractivity contribution in [3.63, 3.8) is 0 Å². The molecule has 1 aliphatic rings. The molecule has 0 radical (unpaired) electrons. The summed E-state index contributed by atoms with van der Waals surface area (Å²) in [7, 11) is 0. The van der Waals surface area contributed by atoms with Gasteiger partial charge in [0.1, 0.15) is 0 Å². The van der Waals surface area contributed by atoms with Gasteiger partial charge in [0, 0.05) is 32.2 Å². The molecule has 0 saturated carbocycles. The van der Waals surface area contributed by atoms with Gasteiger partial charge in [-0.3, -0.25) is 9.59 Å². The third-order valence-corrected chi connectivity index (χ3v) is 6.25. The Bertz CT molecular complexity index is 954. The molecule has 0 aliphatic carbocycles. The number of nitrogens with one attached hydrogen (secondary N) is 1. The van der Waals surface area contributed by atoms with Gasteiger partial charge in [-0.15, -0.1) is 0 Å². The Hall–Kier alpha value is -2.80. The monoisotopic (exact) mass is 440 g/mol. The minimum Gasteiger partial charge on any atom is -0.478 e. The number of nitrogens with zero attached hydrogens (tertiary/aromatic N) is 1. The van der Waals surface area contributed by atoms with Crippen molar-refractivity contribution in [2.75, 3.05) is 23.3 Å². The lowest BCUT2D eigenvalue weighted by atomic mass is 10.0. The van der Waals surface area contributed by atoms with Crippen LogP contribution < -0.4 is 10.2 Å². The molecule has 2 aromatic rings. The number of amides is 1. The molecule has 7 heteroatoms. The normalized spacial score (nSPS) is 13.6. The molecule has 1 amide bonds. The molecule has 0 atom stereocenters. The number of carboxylic acid groups (broad SMARTS) is 1. The van der Waals surface area contributed by atoms with Crippen LogP contribution in [0.3, 0.4) is 0 Å². The molecule has 1 aliphatic heterocycles. The summed E-state index contributed by atoms with van der Waals surface area (Å²) in [5.41, 5.74) is 3.67. The second-order valence-corrected chi connectivity index (χ2v) is 8.83. The van der Waals surface area contributed by atoms with E-state index in [4.69, 9.17) is 0 Å². The predicted octanol–water partition coefficient (Wildman–Crippen LogP) is 4.73. The fraction of sp³-hybridized carbons (Fsp3) is 0.375. The van der Waals surface area contributed by atoms with Crippen molar-refractivity contribution in [2.45, 2.75) is 44.8 Å². The number of aromatic carboxylic acids is 1. The Morgan fingerprint density at radius 2 is 1.74 bits per heavy atom. The molecule has 6 nitrogen and oxygen atoms in total. The first-order chi connectivity index (χ1) is 14.9. The van der Waals surface area contributed by atoms with Crippen LogP contribution in [-0.4, -0.2) is 35.2 Å². The molecular formula is C24H28N2O4S. The zero-order valence-corrected chi connectivity index (χ0v) is 18.5. The van der Waals surface area contributed by atoms with Gasteiger partial charge in [0.15, 0.2) is 5.12 Å². The van der Waals surface area contributed by atoms with E-state index in [1.165, 1.54) is 18.2 Å². The summed E-state index contributed by atoms with van der Waals surface area (Å²) in [5, 5.41) is 12.4. The number of anilines is 2. The molecule has 1 fully saturated rings. The van der Waals surface area contributed by atoms with Crippen LogP contribution in [0.5, 0.6) is 0 Å². The first-order valence-corrected chi connectivity index (χ1v) is 11.5. The van der Waals surface area contributed by atoms with Gasteiger partial charge in [0.2, 0.25) is 5.91 Å². The minimum atomic E-state index is -1.02. The van der Waals surface area contributed by atoms with Crippen LogP contribution in [0.15, 0.2) is 42.5 Å². The summed E-state index contributed by atoms with van der Waals surface area (Å²) < 4.78 is 0. The van der Waals surface area contributed by atoms with Crippen molar-refractivity contribution >= 4 is 40.1 Å². The topological polar surface area (TPSA) is 86.7 Å². The third-order valence-electron chi connectivity index (χ3n) is 5.39. The van der Waals surface area contributed by atoms with Gasteiger partial charge < -0.3 is 15.3 Å². The van der Waals surface area contributed by atoms with Crippen LogP contribution in [-0.2, 0) is 21.8 Å². The van der Waals surface area contributed by atoms with Crippen LogP contribution in [0.2, 0.25) is 0 Å². The van der Waals surface area contributed by atoms with Crippen molar-refractivity contribution in [2.24, 2.45) is 0 Å². The number of thioether (sulfide) groups is 1. The lowest BCUT2D eigenvalue weighted by molar-refractivity contribution is -0.116. The summed E-state index contributed by atoms with van der Waals surface area (Å²) in [6, 6.07) is 12.7. The fourth-order valence-electron chi connectivity index (χ4n) is 3.76. The lowest BCUT2D eigenvalue weighted by Crippen LogP contribution is -2.30. The van der Waals surface area contributed by atoms with Crippen LogP contribution in [0.4, 0.5) is 11.4 Å². The molecule has 31 heavy (non-hydrogen) atoms. The van der Waals surface area contributed by atoms with E-state index in [1.807, 2.05) is 24.3 Å². The number of carbonyl (C=O) groups is 3. The van der Waals surface area contributed by atoms with E-state index in [0.29, 0.717) is 17.9 Å². The largest absolute Gasteiger partial charge is 0.478 e.